The van der Waals surface area contributed by atoms with Crippen LogP contribution < -0.4 is 16.2 Å². The minimum Gasteiger partial charge on any atom is -0.370 e. The first-order valence-corrected chi connectivity index (χ1v) is 7.86. The van der Waals surface area contributed by atoms with Crippen LogP contribution in [0.25, 0.3) is 0 Å². The van der Waals surface area contributed by atoms with Crippen molar-refractivity contribution in [1.82, 2.24) is 9.78 Å². The molecule has 2 amide bonds. The normalized spacial score (nSPS) is 10.5. The molecule has 0 aliphatic carbocycles. The van der Waals surface area contributed by atoms with Crippen LogP contribution in [0.3, 0.4) is 0 Å². The van der Waals surface area contributed by atoms with Crippen molar-refractivity contribution in [2.24, 2.45) is 5.73 Å². The number of rotatable bonds is 7. The molecule has 1 aromatic carbocycles. The molecule has 0 saturated carbocycles. The number of primary amides is 1. The summed E-state index contributed by atoms with van der Waals surface area (Å²) in [6, 6.07) is 7.88. The van der Waals surface area contributed by atoms with Crippen molar-refractivity contribution in [2.45, 2.75) is 26.3 Å². The van der Waals surface area contributed by atoms with Crippen molar-refractivity contribution < 1.29 is 14.0 Å². The molecule has 0 atom stereocenters. The molecule has 0 aliphatic heterocycles. The molecule has 25 heavy (non-hydrogen) atoms. The fraction of sp³-hybridized carbons (Fsp3) is 0.294. The van der Waals surface area contributed by atoms with Gasteiger partial charge >= 0.3 is 0 Å². The zero-order valence-electron chi connectivity index (χ0n) is 13.8. The topological polar surface area (TPSA) is 98.3 Å². The minimum absolute atomic E-state index is 0.0222. The maximum atomic E-state index is 13.1. The van der Waals surface area contributed by atoms with E-state index in [2.05, 4.69) is 5.10 Å². The highest BCUT2D eigenvalue weighted by atomic mass is 19.1. The summed E-state index contributed by atoms with van der Waals surface area (Å²) in [5.41, 5.74) is 5.33. The minimum atomic E-state index is -0.566. The monoisotopic (exact) mass is 346 g/mol. The van der Waals surface area contributed by atoms with Crippen LogP contribution in [0.5, 0.6) is 0 Å². The number of amides is 2. The fourth-order valence-corrected chi connectivity index (χ4v) is 2.26. The fourth-order valence-electron chi connectivity index (χ4n) is 2.26. The Morgan fingerprint density at radius 1 is 1.20 bits per heavy atom. The van der Waals surface area contributed by atoms with Crippen molar-refractivity contribution >= 4 is 17.5 Å². The maximum Gasteiger partial charge on any atom is 0.278 e. The zero-order valence-corrected chi connectivity index (χ0v) is 13.8. The van der Waals surface area contributed by atoms with Crippen LogP contribution in [-0.2, 0) is 11.3 Å². The Bertz CT molecular complexity index is 817. The van der Waals surface area contributed by atoms with Crippen LogP contribution in [-0.4, -0.2) is 28.1 Å². The van der Waals surface area contributed by atoms with Gasteiger partial charge in [0.25, 0.3) is 11.5 Å². The summed E-state index contributed by atoms with van der Waals surface area (Å²) in [6.07, 6.45) is 0.631. The Labute approximate surface area is 143 Å². The van der Waals surface area contributed by atoms with Gasteiger partial charge in [0.05, 0.1) is 0 Å². The van der Waals surface area contributed by atoms with Gasteiger partial charge < -0.3 is 10.6 Å². The quantitative estimate of drug-likeness (QED) is 0.817. The largest absolute Gasteiger partial charge is 0.370 e. The Balaban J connectivity index is 2.37. The van der Waals surface area contributed by atoms with Crippen LogP contribution in [0.4, 0.5) is 10.1 Å². The molecule has 0 bridgehead atoms. The van der Waals surface area contributed by atoms with E-state index in [0.29, 0.717) is 18.7 Å². The highest BCUT2D eigenvalue weighted by Gasteiger charge is 2.20. The molecule has 0 saturated heterocycles. The number of carbonyl (C=O) groups is 2. The predicted molar refractivity (Wildman–Crippen MR) is 90.7 cm³/mol. The van der Waals surface area contributed by atoms with Crippen LogP contribution in [0.2, 0.25) is 0 Å². The lowest BCUT2D eigenvalue weighted by molar-refractivity contribution is -0.117. The number of hydrogen-bond donors (Lipinski definition) is 1. The molecular weight excluding hydrogens is 327 g/mol. The Hall–Kier alpha value is -3.03. The van der Waals surface area contributed by atoms with E-state index in [-0.39, 0.29) is 24.2 Å². The summed E-state index contributed by atoms with van der Waals surface area (Å²) in [5, 5.41) is 4.08. The number of aryl methyl sites for hydroxylation is 1. The molecule has 0 aliphatic rings. The molecule has 0 spiro atoms. The van der Waals surface area contributed by atoms with Crippen molar-refractivity contribution in [3.05, 3.63) is 58.3 Å². The molecule has 0 unspecified atom stereocenters. The van der Waals surface area contributed by atoms with Crippen molar-refractivity contribution in [3.8, 4) is 0 Å². The van der Waals surface area contributed by atoms with Gasteiger partial charge in [-0.1, -0.05) is 6.92 Å². The lowest BCUT2D eigenvalue weighted by Crippen LogP contribution is -2.36. The average molecular weight is 346 g/mol. The van der Waals surface area contributed by atoms with E-state index in [1.165, 1.54) is 46.0 Å². The van der Waals surface area contributed by atoms with Gasteiger partial charge in [-0.3, -0.25) is 14.4 Å². The second-order valence-corrected chi connectivity index (χ2v) is 5.43. The standard InChI is InChI=1S/C17H19FN4O3/c1-2-10-22-16(24)8-7-14(20-22)17(25)21(11-9-15(19)23)13-5-3-12(18)4-6-13/h3-8H,2,9-11H2,1H3,(H2,19,23). The van der Waals surface area contributed by atoms with Gasteiger partial charge in [0.1, 0.15) is 11.5 Å². The summed E-state index contributed by atoms with van der Waals surface area (Å²) >= 11 is 0. The van der Waals surface area contributed by atoms with Gasteiger partial charge in [-0.25, -0.2) is 9.07 Å². The number of anilines is 1. The molecule has 1 heterocycles. The van der Waals surface area contributed by atoms with Crippen LogP contribution in [0.1, 0.15) is 30.3 Å². The lowest BCUT2D eigenvalue weighted by atomic mass is 10.2. The van der Waals surface area contributed by atoms with Gasteiger partial charge in [0, 0.05) is 31.3 Å². The van der Waals surface area contributed by atoms with E-state index in [1.807, 2.05) is 6.92 Å². The highest BCUT2D eigenvalue weighted by molar-refractivity contribution is 6.04. The van der Waals surface area contributed by atoms with Crippen LogP contribution in [0, 0.1) is 5.82 Å². The molecule has 0 radical (unpaired) electrons. The third kappa shape index (κ3) is 4.72. The molecular formula is C17H19FN4O3. The predicted octanol–water partition coefficient (Wildman–Crippen LogP) is 1.31. The molecule has 0 fully saturated rings. The molecule has 8 heteroatoms. The Morgan fingerprint density at radius 2 is 1.88 bits per heavy atom. The highest BCUT2D eigenvalue weighted by Crippen LogP contribution is 2.17. The summed E-state index contributed by atoms with van der Waals surface area (Å²) in [6.45, 7) is 2.30. The molecule has 132 valence electrons. The third-order valence-electron chi connectivity index (χ3n) is 3.49. The summed E-state index contributed by atoms with van der Waals surface area (Å²) in [7, 11) is 0. The Morgan fingerprint density at radius 3 is 2.48 bits per heavy atom. The van der Waals surface area contributed by atoms with E-state index in [4.69, 9.17) is 5.73 Å². The number of hydrogen-bond acceptors (Lipinski definition) is 4. The van der Waals surface area contributed by atoms with Gasteiger partial charge in [-0.2, -0.15) is 5.10 Å². The molecule has 7 nitrogen and oxygen atoms in total. The second-order valence-electron chi connectivity index (χ2n) is 5.43. The van der Waals surface area contributed by atoms with E-state index in [9.17, 15) is 18.8 Å². The first kappa shape index (κ1) is 18.3. The molecule has 2 N–H and O–H groups in total. The van der Waals surface area contributed by atoms with Gasteiger partial charge in [-0.05, 0) is 36.8 Å². The summed E-state index contributed by atoms with van der Waals surface area (Å²) in [5.74, 6) is -1.51. The van der Waals surface area contributed by atoms with E-state index < -0.39 is 17.6 Å². The molecule has 1 aromatic heterocycles. The average Bonchev–Trinajstić information content (AvgIpc) is 2.58. The van der Waals surface area contributed by atoms with E-state index in [0.717, 1.165) is 0 Å². The number of carbonyl (C=O) groups excluding carboxylic acids is 2. The number of nitrogens with zero attached hydrogens (tertiary/aromatic N) is 3. The molecule has 2 rings (SSSR count). The third-order valence-corrected chi connectivity index (χ3v) is 3.49. The number of benzene rings is 1. The van der Waals surface area contributed by atoms with Crippen LogP contribution in [0.15, 0.2) is 41.2 Å². The SMILES string of the molecule is CCCn1nc(C(=O)N(CCC(N)=O)c2ccc(F)cc2)ccc1=O. The summed E-state index contributed by atoms with van der Waals surface area (Å²) < 4.78 is 14.4. The number of aromatic nitrogens is 2. The number of halogens is 1. The number of nitrogens with two attached hydrogens (primary N) is 1. The van der Waals surface area contributed by atoms with Crippen molar-refractivity contribution in [3.63, 3.8) is 0 Å². The first-order valence-electron chi connectivity index (χ1n) is 7.86. The van der Waals surface area contributed by atoms with Crippen LogP contribution >= 0.6 is 0 Å². The first-order chi connectivity index (χ1) is 11.9. The molecule has 2 aromatic rings. The zero-order chi connectivity index (χ0) is 18.4. The van der Waals surface area contributed by atoms with Crippen molar-refractivity contribution in [1.29, 1.82) is 0 Å². The van der Waals surface area contributed by atoms with Crippen molar-refractivity contribution in [2.75, 3.05) is 11.4 Å². The summed E-state index contributed by atoms with van der Waals surface area (Å²) in [4.78, 5) is 36.9. The smallest absolute Gasteiger partial charge is 0.278 e. The van der Waals surface area contributed by atoms with E-state index >= 15 is 0 Å². The maximum absolute atomic E-state index is 13.1. The van der Waals surface area contributed by atoms with E-state index in [1.54, 1.807) is 0 Å². The van der Waals surface area contributed by atoms with Gasteiger partial charge in [-0.15, -0.1) is 0 Å². The lowest BCUT2D eigenvalue weighted by Gasteiger charge is -2.22. The van der Waals surface area contributed by atoms with Gasteiger partial charge in [0.15, 0.2) is 0 Å². The second kappa shape index (κ2) is 8.18. The Kier molecular flexibility index (Phi) is 5.99. The van der Waals surface area contributed by atoms with Gasteiger partial charge in [0.2, 0.25) is 5.91 Å².